The van der Waals surface area contributed by atoms with E-state index < -0.39 is 0 Å². The number of hydrogen-bond acceptors (Lipinski definition) is 6. The van der Waals surface area contributed by atoms with Crippen LogP contribution in [0.5, 0.6) is 0 Å². The summed E-state index contributed by atoms with van der Waals surface area (Å²) < 4.78 is 1.75. The zero-order valence-corrected chi connectivity index (χ0v) is 12.6. The van der Waals surface area contributed by atoms with E-state index in [9.17, 15) is 0 Å². The van der Waals surface area contributed by atoms with Crippen molar-refractivity contribution >= 4 is 5.95 Å². The summed E-state index contributed by atoms with van der Waals surface area (Å²) in [7, 11) is 1.90. The van der Waals surface area contributed by atoms with Crippen molar-refractivity contribution in [2.45, 2.75) is 13.3 Å². The number of aromatic nitrogens is 5. The molecule has 2 aromatic heterocycles. The second kappa shape index (κ2) is 6.17. The van der Waals surface area contributed by atoms with Gasteiger partial charge < -0.3 is 4.90 Å². The minimum absolute atomic E-state index is 0.851. The average Bonchev–Trinajstić information content (AvgIpc) is 2.91. The summed E-state index contributed by atoms with van der Waals surface area (Å²) in [5.41, 5.74) is 2.08. The van der Waals surface area contributed by atoms with Crippen molar-refractivity contribution < 1.29 is 0 Å². The molecule has 0 atom stereocenters. The van der Waals surface area contributed by atoms with Crippen LogP contribution in [0.2, 0.25) is 0 Å². The van der Waals surface area contributed by atoms with Crippen LogP contribution in [0.3, 0.4) is 0 Å². The highest BCUT2D eigenvalue weighted by molar-refractivity contribution is 5.30. The standard InChI is InChI=1S/C14H21N7/c1-12-3-5-15-14(16-12)21-9-7-20(8-10-21)6-4-13-11-19(2)18-17-13/h3,5,11H,4,6-10H2,1-2H3. The van der Waals surface area contributed by atoms with Gasteiger partial charge in [0.2, 0.25) is 5.95 Å². The average molecular weight is 287 g/mol. The van der Waals surface area contributed by atoms with Crippen molar-refractivity contribution in [1.29, 1.82) is 0 Å². The van der Waals surface area contributed by atoms with Gasteiger partial charge in [0.1, 0.15) is 0 Å². The van der Waals surface area contributed by atoms with E-state index >= 15 is 0 Å². The molecule has 7 heteroatoms. The molecule has 1 fully saturated rings. The number of aryl methyl sites for hydroxylation is 2. The van der Waals surface area contributed by atoms with E-state index in [-0.39, 0.29) is 0 Å². The maximum Gasteiger partial charge on any atom is 0.225 e. The number of anilines is 1. The molecule has 0 unspecified atom stereocenters. The summed E-state index contributed by atoms with van der Waals surface area (Å²) in [6.45, 7) is 7.06. The van der Waals surface area contributed by atoms with Gasteiger partial charge in [-0.15, -0.1) is 5.10 Å². The molecule has 3 rings (SSSR count). The first kappa shape index (κ1) is 13.9. The zero-order chi connectivity index (χ0) is 14.7. The summed E-state index contributed by atoms with van der Waals surface area (Å²) in [6, 6.07) is 1.93. The lowest BCUT2D eigenvalue weighted by molar-refractivity contribution is 0.259. The van der Waals surface area contributed by atoms with Gasteiger partial charge in [0.25, 0.3) is 0 Å². The monoisotopic (exact) mass is 287 g/mol. The molecule has 0 bridgehead atoms. The highest BCUT2D eigenvalue weighted by Gasteiger charge is 2.18. The van der Waals surface area contributed by atoms with Crippen molar-refractivity contribution in [1.82, 2.24) is 29.9 Å². The lowest BCUT2D eigenvalue weighted by Gasteiger charge is -2.34. The van der Waals surface area contributed by atoms with E-state index in [4.69, 9.17) is 0 Å². The molecule has 1 aliphatic rings. The highest BCUT2D eigenvalue weighted by atomic mass is 15.4. The van der Waals surface area contributed by atoms with E-state index in [2.05, 4.69) is 30.1 Å². The molecule has 1 aliphatic heterocycles. The summed E-state index contributed by atoms with van der Waals surface area (Å²) in [4.78, 5) is 13.6. The van der Waals surface area contributed by atoms with Gasteiger partial charge >= 0.3 is 0 Å². The molecule has 1 saturated heterocycles. The second-order valence-corrected chi connectivity index (χ2v) is 5.46. The van der Waals surface area contributed by atoms with Crippen LogP contribution in [0, 0.1) is 6.92 Å². The number of nitrogens with zero attached hydrogens (tertiary/aromatic N) is 7. The van der Waals surface area contributed by atoms with Gasteiger partial charge in [-0.3, -0.25) is 9.58 Å². The minimum atomic E-state index is 0.851. The minimum Gasteiger partial charge on any atom is -0.338 e. The first-order valence-corrected chi connectivity index (χ1v) is 7.33. The van der Waals surface area contributed by atoms with Crippen molar-refractivity contribution in [3.05, 3.63) is 29.8 Å². The first-order valence-electron chi connectivity index (χ1n) is 7.33. The van der Waals surface area contributed by atoms with Crippen LogP contribution in [0.15, 0.2) is 18.5 Å². The van der Waals surface area contributed by atoms with Gasteiger partial charge in [-0.1, -0.05) is 5.21 Å². The van der Waals surface area contributed by atoms with E-state index in [1.165, 1.54) is 0 Å². The van der Waals surface area contributed by atoms with Gasteiger partial charge in [-0.05, 0) is 13.0 Å². The molecule has 0 aliphatic carbocycles. The number of hydrogen-bond donors (Lipinski definition) is 0. The Kier molecular flexibility index (Phi) is 4.10. The fraction of sp³-hybridized carbons (Fsp3) is 0.571. The van der Waals surface area contributed by atoms with Crippen molar-refractivity contribution in [3.63, 3.8) is 0 Å². The van der Waals surface area contributed by atoms with Gasteiger partial charge in [-0.2, -0.15) is 0 Å². The number of piperazine rings is 1. The van der Waals surface area contributed by atoms with Crippen molar-refractivity contribution in [2.24, 2.45) is 7.05 Å². The second-order valence-electron chi connectivity index (χ2n) is 5.46. The van der Waals surface area contributed by atoms with Crippen LogP contribution in [0.4, 0.5) is 5.95 Å². The Bertz CT molecular complexity index is 587. The molecule has 2 aromatic rings. The summed E-state index contributed by atoms with van der Waals surface area (Å²) in [6.07, 6.45) is 4.77. The SMILES string of the molecule is Cc1ccnc(N2CCN(CCc3cn(C)nn3)CC2)n1. The summed E-state index contributed by atoms with van der Waals surface area (Å²) >= 11 is 0. The summed E-state index contributed by atoms with van der Waals surface area (Å²) in [5, 5.41) is 8.09. The maximum absolute atomic E-state index is 4.49. The lowest BCUT2D eigenvalue weighted by atomic mass is 10.2. The van der Waals surface area contributed by atoms with E-state index in [1.807, 2.05) is 32.4 Å². The Hall–Kier alpha value is -2.02. The zero-order valence-electron chi connectivity index (χ0n) is 12.6. The topological polar surface area (TPSA) is 63.0 Å². The molecule has 7 nitrogen and oxygen atoms in total. The largest absolute Gasteiger partial charge is 0.338 e. The Balaban J connectivity index is 1.49. The quantitative estimate of drug-likeness (QED) is 0.805. The van der Waals surface area contributed by atoms with Crippen molar-refractivity contribution in [3.8, 4) is 0 Å². The predicted octanol–water partition coefficient (Wildman–Crippen LogP) is 0.278. The van der Waals surface area contributed by atoms with Gasteiger partial charge in [0.05, 0.1) is 5.69 Å². The maximum atomic E-state index is 4.49. The van der Waals surface area contributed by atoms with Crippen LogP contribution >= 0.6 is 0 Å². The number of rotatable bonds is 4. The van der Waals surface area contributed by atoms with Crippen LogP contribution < -0.4 is 4.90 Å². The van der Waals surface area contributed by atoms with Crippen LogP contribution in [0.25, 0.3) is 0 Å². The van der Waals surface area contributed by atoms with Crippen molar-refractivity contribution in [2.75, 3.05) is 37.6 Å². The molecule has 0 spiro atoms. The van der Waals surface area contributed by atoms with Gasteiger partial charge in [-0.25, -0.2) is 9.97 Å². The molecule has 3 heterocycles. The Morgan fingerprint density at radius 3 is 2.67 bits per heavy atom. The molecule has 0 aromatic carbocycles. The third kappa shape index (κ3) is 3.55. The smallest absolute Gasteiger partial charge is 0.225 e. The van der Waals surface area contributed by atoms with Crippen LogP contribution in [0.1, 0.15) is 11.4 Å². The third-order valence-corrected chi connectivity index (χ3v) is 3.77. The molecule has 0 N–H and O–H groups in total. The summed E-state index contributed by atoms with van der Waals surface area (Å²) in [5.74, 6) is 0.851. The predicted molar refractivity (Wildman–Crippen MR) is 80.1 cm³/mol. The highest BCUT2D eigenvalue weighted by Crippen LogP contribution is 2.11. The molecule has 21 heavy (non-hydrogen) atoms. The molecule has 0 saturated carbocycles. The Morgan fingerprint density at radius 1 is 1.19 bits per heavy atom. The fourth-order valence-electron chi connectivity index (χ4n) is 2.54. The molecular weight excluding hydrogens is 266 g/mol. The third-order valence-electron chi connectivity index (χ3n) is 3.77. The van der Waals surface area contributed by atoms with Gasteiger partial charge in [0, 0.05) is 64.3 Å². The molecule has 112 valence electrons. The molecular formula is C14H21N7. The van der Waals surface area contributed by atoms with Crippen LogP contribution in [-0.4, -0.2) is 62.6 Å². The Morgan fingerprint density at radius 2 is 2.00 bits per heavy atom. The fourth-order valence-corrected chi connectivity index (χ4v) is 2.54. The normalized spacial score (nSPS) is 16.4. The van der Waals surface area contributed by atoms with Crippen LogP contribution in [-0.2, 0) is 13.5 Å². The van der Waals surface area contributed by atoms with E-state index in [0.29, 0.717) is 0 Å². The first-order chi connectivity index (χ1) is 10.2. The molecule has 0 amide bonds. The Labute approximate surface area is 124 Å². The lowest BCUT2D eigenvalue weighted by Crippen LogP contribution is -2.47. The molecule has 0 radical (unpaired) electrons. The van der Waals surface area contributed by atoms with E-state index in [1.54, 1.807) is 4.68 Å². The van der Waals surface area contributed by atoms with Gasteiger partial charge in [0.15, 0.2) is 0 Å². The van der Waals surface area contributed by atoms with E-state index in [0.717, 1.165) is 56.5 Å².